The van der Waals surface area contributed by atoms with Crippen LogP contribution < -0.4 is 5.32 Å². The van der Waals surface area contributed by atoms with Gasteiger partial charge in [0.25, 0.3) is 0 Å². The predicted octanol–water partition coefficient (Wildman–Crippen LogP) is 2.38. The highest BCUT2D eigenvalue weighted by molar-refractivity contribution is 7.98. The monoisotopic (exact) mass is 237 g/mol. The summed E-state index contributed by atoms with van der Waals surface area (Å²) < 4.78 is 0. The number of hydrogen-bond acceptors (Lipinski definition) is 4. The van der Waals surface area contributed by atoms with Crippen LogP contribution in [-0.2, 0) is 12.8 Å². The first kappa shape index (κ1) is 11.7. The summed E-state index contributed by atoms with van der Waals surface area (Å²) in [6.45, 7) is 3.27. The lowest BCUT2D eigenvalue weighted by atomic mass is 10.2. The molecule has 88 valence electrons. The molecule has 3 nitrogen and oxygen atoms in total. The van der Waals surface area contributed by atoms with Crippen molar-refractivity contribution in [3.63, 3.8) is 0 Å². The van der Waals surface area contributed by atoms with Gasteiger partial charge in [0.15, 0.2) is 0 Å². The van der Waals surface area contributed by atoms with Gasteiger partial charge in [0, 0.05) is 17.8 Å². The lowest BCUT2D eigenvalue weighted by Gasteiger charge is -2.13. The van der Waals surface area contributed by atoms with Crippen LogP contribution in [0.2, 0.25) is 0 Å². The van der Waals surface area contributed by atoms with Gasteiger partial charge in [0.05, 0.1) is 0 Å². The molecule has 4 heteroatoms. The highest BCUT2D eigenvalue weighted by atomic mass is 32.2. The Bertz CT molecular complexity index is 354. The fourth-order valence-corrected chi connectivity index (χ4v) is 2.81. The molecular formula is C12H19N3S. The quantitative estimate of drug-likeness (QED) is 0.853. The third-order valence-electron chi connectivity index (χ3n) is 2.94. The predicted molar refractivity (Wildman–Crippen MR) is 70.1 cm³/mol. The van der Waals surface area contributed by atoms with E-state index in [1.807, 2.05) is 11.8 Å². The van der Waals surface area contributed by atoms with E-state index in [2.05, 4.69) is 28.5 Å². The number of nitrogens with one attached hydrogen (secondary N) is 1. The molecule has 0 saturated heterocycles. The standard InChI is InChI=1S/C12H19N3S/c1-9(7-16-2)6-13-12-10-4-3-5-11(10)14-8-15-12/h8-9H,3-7H2,1-2H3,(H,13,14,15). The molecule has 0 saturated carbocycles. The van der Waals surface area contributed by atoms with Gasteiger partial charge in [-0.25, -0.2) is 9.97 Å². The maximum absolute atomic E-state index is 4.35. The Morgan fingerprint density at radius 1 is 1.44 bits per heavy atom. The third kappa shape index (κ3) is 2.67. The fourth-order valence-electron chi connectivity index (χ4n) is 2.13. The molecule has 1 aliphatic rings. The number of thioether (sulfide) groups is 1. The molecule has 0 amide bonds. The molecule has 0 spiro atoms. The fraction of sp³-hybridized carbons (Fsp3) is 0.667. The molecule has 1 aromatic rings. The molecule has 16 heavy (non-hydrogen) atoms. The first-order chi connectivity index (χ1) is 7.81. The SMILES string of the molecule is CSCC(C)CNc1ncnc2c1CCC2. The summed E-state index contributed by atoms with van der Waals surface area (Å²) in [6.07, 6.45) is 7.32. The Morgan fingerprint density at radius 2 is 2.31 bits per heavy atom. The Labute approximate surface area is 101 Å². The molecule has 1 atom stereocenters. The van der Waals surface area contributed by atoms with Crippen molar-refractivity contribution in [3.05, 3.63) is 17.6 Å². The second-order valence-electron chi connectivity index (χ2n) is 4.44. The van der Waals surface area contributed by atoms with Crippen molar-refractivity contribution in [3.8, 4) is 0 Å². The molecule has 0 radical (unpaired) electrons. The van der Waals surface area contributed by atoms with E-state index in [0.29, 0.717) is 5.92 Å². The van der Waals surface area contributed by atoms with Crippen LogP contribution in [0.3, 0.4) is 0 Å². The summed E-state index contributed by atoms with van der Waals surface area (Å²) in [4.78, 5) is 8.68. The van der Waals surface area contributed by atoms with Crippen molar-refractivity contribution in [2.24, 2.45) is 5.92 Å². The minimum atomic E-state index is 0.682. The van der Waals surface area contributed by atoms with Crippen LogP contribution in [0.1, 0.15) is 24.6 Å². The Hall–Kier alpha value is -0.770. The molecule has 0 aromatic carbocycles. The topological polar surface area (TPSA) is 37.8 Å². The summed E-state index contributed by atoms with van der Waals surface area (Å²) in [5.41, 5.74) is 2.59. The molecule has 0 bridgehead atoms. The zero-order valence-corrected chi connectivity index (χ0v) is 10.8. The van der Waals surface area contributed by atoms with Crippen LogP contribution in [0.25, 0.3) is 0 Å². The van der Waals surface area contributed by atoms with E-state index in [-0.39, 0.29) is 0 Å². The van der Waals surface area contributed by atoms with Gasteiger partial charge >= 0.3 is 0 Å². The van der Waals surface area contributed by atoms with Crippen LogP contribution >= 0.6 is 11.8 Å². The van der Waals surface area contributed by atoms with Crippen LogP contribution in [0.4, 0.5) is 5.82 Å². The first-order valence-electron chi connectivity index (χ1n) is 5.87. The van der Waals surface area contributed by atoms with E-state index in [1.54, 1.807) is 6.33 Å². The molecule has 0 aliphatic heterocycles. The number of aryl methyl sites for hydroxylation is 1. The summed E-state index contributed by atoms with van der Waals surface area (Å²) in [5, 5.41) is 3.47. The van der Waals surface area contributed by atoms with Crippen LogP contribution in [0.15, 0.2) is 6.33 Å². The number of anilines is 1. The summed E-state index contributed by atoms with van der Waals surface area (Å²) in [6, 6.07) is 0. The number of hydrogen-bond donors (Lipinski definition) is 1. The van der Waals surface area contributed by atoms with Gasteiger partial charge in [-0.2, -0.15) is 11.8 Å². The second-order valence-corrected chi connectivity index (χ2v) is 5.35. The van der Waals surface area contributed by atoms with E-state index in [9.17, 15) is 0 Å². The van der Waals surface area contributed by atoms with Crippen LogP contribution in [-0.4, -0.2) is 28.5 Å². The Balaban J connectivity index is 1.97. The summed E-state index contributed by atoms with van der Waals surface area (Å²) in [5.74, 6) is 2.94. The summed E-state index contributed by atoms with van der Waals surface area (Å²) in [7, 11) is 0. The normalized spacial score (nSPS) is 15.9. The van der Waals surface area contributed by atoms with E-state index < -0.39 is 0 Å². The molecule has 1 N–H and O–H groups in total. The smallest absolute Gasteiger partial charge is 0.132 e. The van der Waals surface area contributed by atoms with Gasteiger partial charge in [0.2, 0.25) is 0 Å². The number of fused-ring (bicyclic) bond motifs is 1. The minimum absolute atomic E-state index is 0.682. The van der Waals surface area contributed by atoms with Crippen molar-refractivity contribution in [2.45, 2.75) is 26.2 Å². The number of aromatic nitrogens is 2. The Morgan fingerprint density at radius 3 is 3.12 bits per heavy atom. The van der Waals surface area contributed by atoms with E-state index >= 15 is 0 Å². The molecule has 1 aromatic heterocycles. The maximum atomic E-state index is 4.35. The molecule has 1 unspecified atom stereocenters. The average molecular weight is 237 g/mol. The van der Waals surface area contributed by atoms with E-state index in [4.69, 9.17) is 0 Å². The van der Waals surface area contributed by atoms with Crippen molar-refractivity contribution in [2.75, 3.05) is 23.9 Å². The van der Waals surface area contributed by atoms with Gasteiger partial charge in [-0.15, -0.1) is 0 Å². The van der Waals surface area contributed by atoms with Gasteiger partial charge < -0.3 is 5.32 Å². The molecule has 1 heterocycles. The summed E-state index contributed by atoms with van der Waals surface area (Å²) >= 11 is 1.90. The Kier molecular flexibility index (Phi) is 4.04. The van der Waals surface area contributed by atoms with Crippen molar-refractivity contribution < 1.29 is 0 Å². The van der Waals surface area contributed by atoms with E-state index in [0.717, 1.165) is 25.2 Å². The van der Waals surface area contributed by atoms with Crippen molar-refractivity contribution in [1.29, 1.82) is 0 Å². The molecule has 1 aliphatic carbocycles. The van der Waals surface area contributed by atoms with E-state index in [1.165, 1.54) is 23.4 Å². The van der Waals surface area contributed by atoms with Crippen molar-refractivity contribution in [1.82, 2.24) is 9.97 Å². The average Bonchev–Trinajstić information content (AvgIpc) is 2.75. The van der Waals surface area contributed by atoms with Crippen molar-refractivity contribution >= 4 is 17.6 Å². The number of nitrogens with zero attached hydrogens (tertiary/aromatic N) is 2. The lowest BCUT2D eigenvalue weighted by Crippen LogP contribution is -2.15. The minimum Gasteiger partial charge on any atom is -0.369 e. The molecule has 0 fully saturated rings. The highest BCUT2D eigenvalue weighted by Gasteiger charge is 2.16. The molecule has 2 rings (SSSR count). The first-order valence-corrected chi connectivity index (χ1v) is 7.26. The van der Waals surface area contributed by atoms with Gasteiger partial charge in [-0.3, -0.25) is 0 Å². The second kappa shape index (κ2) is 5.53. The highest BCUT2D eigenvalue weighted by Crippen LogP contribution is 2.25. The van der Waals surface area contributed by atoms with Gasteiger partial charge in [-0.1, -0.05) is 6.92 Å². The zero-order valence-electron chi connectivity index (χ0n) is 9.99. The van der Waals surface area contributed by atoms with Crippen LogP contribution in [0.5, 0.6) is 0 Å². The third-order valence-corrected chi connectivity index (χ3v) is 3.85. The van der Waals surface area contributed by atoms with Crippen LogP contribution in [0, 0.1) is 5.92 Å². The number of rotatable bonds is 5. The zero-order chi connectivity index (χ0) is 11.4. The van der Waals surface area contributed by atoms with Gasteiger partial charge in [0.1, 0.15) is 12.1 Å². The lowest BCUT2D eigenvalue weighted by molar-refractivity contribution is 0.698. The molecular weight excluding hydrogens is 218 g/mol. The maximum Gasteiger partial charge on any atom is 0.132 e. The van der Waals surface area contributed by atoms with Gasteiger partial charge in [-0.05, 0) is 37.2 Å². The largest absolute Gasteiger partial charge is 0.369 e.